The van der Waals surface area contributed by atoms with E-state index in [1.165, 1.54) is 25.9 Å². The first kappa shape index (κ1) is 14.6. The molecule has 2 unspecified atom stereocenters. The standard InChI is InChI=1S/C15H25N3O3/c19-14(20)8-11-2-1-5-18(9-11)15(21)16-13-10-17-6-3-12(13)4-7-17/h11-13H,1-10H2,(H,16,21)(H,19,20). The van der Waals surface area contributed by atoms with Gasteiger partial charge in [-0.3, -0.25) is 4.79 Å². The van der Waals surface area contributed by atoms with Crippen molar-refractivity contribution in [3.8, 4) is 0 Å². The van der Waals surface area contributed by atoms with Gasteiger partial charge in [0.15, 0.2) is 0 Å². The van der Waals surface area contributed by atoms with E-state index in [2.05, 4.69) is 10.2 Å². The molecule has 2 atom stereocenters. The summed E-state index contributed by atoms with van der Waals surface area (Å²) in [4.78, 5) is 27.5. The van der Waals surface area contributed by atoms with Gasteiger partial charge in [0.2, 0.25) is 0 Å². The number of aliphatic carboxylic acids is 1. The molecule has 0 aromatic heterocycles. The zero-order valence-corrected chi connectivity index (χ0v) is 12.5. The first-order valence-electron chi connectivity index (χ1n) is 8.11. The van der Waals surface area contributed by atoms with E-state index in [1.54, 1.807) is 0 Å². The van der Waals surface area contributed by atoms with Crippen LogP contribution < -0.4 is 5.32 Å². The maximum Gasteiger partial charge on any atom is 0.317 e. The maximum absolute atomic E-state index is 12.4. The van der Waals surface area contributed by atoms with E-state index in [0.717, 1.165) is 25.9 Å². The van der Waals surface area contributed by atoms with Crippen molar-refractivity contribution in [2.45, 2.75) is 38.1 Å². The molecule has 21 heavy (non-hydrogen) atoms. The summed E-state index contributed by atoms with van der Waals surface area (Å²) in [6, 6.07) is 0.281. The van der Waals surface area contributed by atoms with Crippen LogP contribution in [0.15, 0.2) is 0 Å². The van der Waals surface area contributed by atoms with Gasteiger partial charge in [-0.2, -0.15) is 0 Å². The zero-order chi connectivity index (χ0) is 14.8. The molecule has 6 nitrogen and oxygen atoms in total. The summed E-state index contributed by atoms with van der Waals surface area (Å²) in [5, 5.41) is 12.1. The number of carbonyl (C=O) groups excluding carboxylic acids is 1. The summed E-state index contributed by atoms with van der Waals surface area (Å²) < 4.78 is 0. The van der Waals surface area contributed by atoms with Gasteiger partial charge in [0.25, 0.3) is 0 Å². The highest BCUT2D eigenvalue weighted by Crippen LogP contribution is 2.28. The molecule has 4 heterocycles. The zero-order valence-electron chi connectivity index (χ0n) is 12.5. The Kier molecular flexibility index (Phi) is 4.33. The fourth-order valence-corrected chi connectivity index (χ4v) is 4.04. The normalized spacial score (nSPS) is 35.5. The SMILES string of the molecule is O=C(O)CC1CCCN(C(=O)NC2CN3CCC2CC3)C1. The van der Waals surface area contributed by atoms with Crippen LogP contribution in [0.2, 0.25) is 0 Å². The number of nitrogens with zero attached hydrogens (tertiary/aromatic N) is 2. The van der Waals surface area contributed by atoms with Gasteiger partial charge < -0.3 is 20.2 Å². The fraction of sp³-hybridized carbons (Fsp3) is 0.867. The van der Waals surface area contributed by atoms with Crippen LogP contribution >= 0.6 is 0 Å². The fourth-order valence-electron chi connectivity index (χ4n) is 4.04. The van der Waals surface area contributed by atoms with E-state index >= 15 is 0 Å². The Balaban J connectivity index is 1.51. The minimum atomic E-state index is -0.764. The summed E-state index contributed by atoms with van der Waals surface area (Å²) in [6.07, 6.45) is 4.37. The van der Waals surface area contributed by atoms with Crippen molar-refractivity contribution < 1.29 is 14.7 Å². The predicted octanol–water partition coefficient (Wildman–Crippen LogP) is 0.977. The molecule has 0 spiro atoms. The number of amides is 2. The number of urea groups is 1. The van der Waals surface area contributed by atoms with Gasteiger partial charge in [0.05, 0.1) is 0 Å². The van der Waals surface area contributed by atoms with Gasteiger partial charge in [-0.1, -0.05) is 0 Å². The molecule has 0 aromatic rings. The van der Waals surface area contributed by atoms with E-state index in [-0.39, 0.29) is 24.4 Å². The number of piperidine rings is 4. The van der Waals surface area contributed by atoms with Crippen molar-refractivity contribution in [3.63, 3.8) is 0 Å². The van der Waals surface area contributed by atoms with Gasteiger partial charge in [0, 0.05) is 32.1 Å². The predicted molar refractivity (Wildman–Crippen MR) is 78.0 cm³/mol. The third-order valence-electron chi connectivity index (χ3n) is 5.23. The van der Waals surface area contributed by atoms with Crippen molar-refractivity contribution in [1.29, 1.82) is 0 Å². The van der Waals surface area contributed by atoms with Gasteiger partial charge in [-0.25, -0.2) is 4.79 Å². The van der Waals surface area contributed by atoms with E-state index in [0.29, 0.717) is 12.5 Å². The Labute approximate surface area is 125 Å². The van der Waals surface area contributed by atoms with Crippen LogP contribution in [0.4, 0.5) is 4.79 Å². The Morgan fingerprint density at radius 3 is 2.48 bits per heavy atom. The number of hydrogen-bond donors (Lipinski definition) is 2. The molecule has 4 fully saturated rings. The molecule has 118 valence electrons. The lowest BCUT2D eigenvalue weighted by atomic mass is 9.84. The van der Waals surface area contributed by atoms with Crippen molar-refractivity contribution in [3.05, 3.63) is 0 Å². The Morgan fingerprint density at radius 2 is 1.86 bits per heavy atom. The summed E-state index contributed by atoms with van der Waals surface area (Å²) in [7, 11) is 0. The number of hydrogen-bond acceptors (Lipinski definition) is 3. The average molecular weight is 295 g/mol. The lowest BCUT2D eigenvalue weighted by Gasteiger charge is -2.45. The number of likely N-dealkylation sites (tertiary alicyclic amines) is 1. The summed E-state index contributed by atoms with van der Waals surface area (Å²) in [6.45, 7) is 4.65. The molecule has 0 radical (unpaired) electrons. The largest absolute Gasteiger partial charge is 0.481 e. The highest BCUT2D eigenvalue weighted by molar-refractivity contribution is 5.75. The molecular formula is C15H25N3O3. The Morgan fingerprint density at radius 1 is 1.10 bits per heavy atom. The number of rotatable bonds is 3. The maximum atomic E-state index is 12.4. The van der Waals surface area contributed by atoms with Gasteiger partial charge in [-0.05, 0) is 50.6 Å². The minimum Gasteiger partial charge on any atom is -0.481 e. The molecule has 0 aliphatic carbocycles. The molecule has 0 aromatic carbocycles. The lowest BCUT2D eigenvalue weighted by molar-refractivity contribution is -0.138. The molecule has 4 saturated heterocycles. The second kappa shape index (κ2) is 6.22. The molecule has 4 aliphatic heterocycles. The van der Waals surface area contributed by atoms with Crippen LogP contribution in [0.5, 0.6) is 0 Å². The molecule has 4 aliphatic rings. The molecule has 0 saturated carbocycles. The first-order chi connectivity index (χ1) is 10.1. The number of carboxylic acid groups (broad SMARTS) is 1. The average Bonchev–Trinajstić information content (AvgIpc) is 2.48. The van der Waals surface area contributed by atoms with Crippen LogP contribution in [-0.4, -0.2) is 65.7 Å². The molecular weight excluding hydrogens is 270 g/mol. The second-order valence-corrected chi connectivity index (χ2v) is 6.75. The third kappa shape index (κ3) is 3.48. The van der Waals surface area contributed by atoms with Gasteiger partial charge in [0.1, 0.15) is 0 Å². The lowest BCUT2D eigenvalue weighted by Crippen LogP contribution is -2.59. The number of nitrogens with one attached hydrogen (secondary N) is 1. The monoisotopic (exact) mass is 295 g/mol. The Bertz CT molecular complexity index is 407. The topological polar surface area (TPSA) is 72.9 Å². The molecule has 2 amide bonds. The molecule has 4 rings (SSSR count). The molecule has 2 N–H and O–H groups in total. The third-order valence-corrected chi connectivity index (χ3v) is 5.23. The summed E-state index contributed by atoms with van der Waals surface area (Å²) >= 11 is 0. The highest BCUT2D eigenvalue weighted by Gasteiger charge is 2.36. The van der Waals surface area contributed by atoms with Crippen molar-refractivity contribution >= 4 is 12.0 Å². The van der Waals surface area contributed by atoms with Crippen LogP contribution in [0.25, 0.3) is 0 Å². The van der Waals surface area contributed by atoms with Crippen LogP contribution in [0.1, 0.15) is 32.1 Å². The van der Waals surface area contributed by atoms with Gasteiger partial charge >= 0.3 is 12.0 Å². The smallest absolute Gasteiger partial charge is 0.317 e. The number of carbonyl (C=O) groups is 2. The quantitative estimate of drug-likeness (QED) is 0.814. The Hall–Kier alpha value is -1.30. The van der Waals surface area contributed by atoms with E-state index in [9.17, 15) is 9.59 Å². The van der Waals surface area contributed by atoms with Gasteiger partial charge in [-0.15, -0.1) is 0 Å². The van der Waals surface area contributed by atoms with Crippen LogP contribution in [0.3, 0.4) is 0 Å². The minimum absolute atomic E-state index is 0.00355. The van der Waals surface area contributed by atoms with Crippen molar-refractivity contribution in [2.75, 3.05) is 32.7 Å². The van der Waals surface area contributed by atoms with E-state index in [4.69, 9.17) is 5.11 Å². The van der Waals surface area contributed by atoms with Crippen LogP contribution in [0, 0.1) is 11.8 Å². The summed E-state index contributed by atoms with van der Waals surface area (Å²) in [5.41, 5.74) is 0. The number of fused-ring (bicyclic) bond motifs is 3. The van der Waals surface area contributed by atoms with Crippen molar-refractivity contribution in [1.82, 2.24) is 15.1 Å². The van der Waals surface area contributed by atoms with E-state index in [1.807, 2.05) is 4.90 Å². The van der Waals surface area contributed by atoms with Crippen molar-refractivity contribution in [2.24, 2.45) is 11.8 Å². The first-order valence-corrected chi connectivity index (χ1v) is 8.11. The molecule has 2 bridgehead atoms. The summed E-state index contributed by atoms with van der Waals surface area (Å²) in [5.74, 6) is -0.0354. The second-order valence-electron chi connectivity index (χ2n) is 6.75. The molecule has 6 heteroatoms. The van der Waals surface area contributed by atoms with E-state index < -0.39 is 5.97 Å². The highest BCUT2D eigenvalue weighted by atomic mass is 16.4. The van der Waals surface area contributed by atoms with Crippen LogP contribution in [-0.2, 0) is 4.79 Å². The number of carboxylic acids is 1.